The number of aromatic amines is 1. The molecule has 0 aliphatic rings. The number of fused-ring (bicyclic) bond motifs is 1. The fourth-order valence-electron chi connectivity index (χ4n) is 2.45. The number of hydrogen-bond acceptors (Lipinski definition) is 3. The molecule has 6 nitrogen and oxygen atoms in total. The van der Waals surface area contributed by atoms with E-state index < -0.39 is 10.0 Å². The van der Waals surface area contributed by atoms with Gasteiger partial charge in [0.05, 0.1) is 10.6 Å². The maximum absolute atomic E-state index is 12.5. The average molecular weight is 355 g/mol. The monoisotopic (exact) mass is 355 g/mol. The Kier molecular flexibility index (Phi) is 4.69. The molecule has 0 spiro atoms. The summed E-state index contributed by atoms with van der Waals surface area (Å²) in [6.07, 6.45) is 3.24. The zero-order valence-corrected chi connectivity index (χ0v) is 14.1. The predicted octanol–water partition coefficient (Wildman–Crippen LogP) is 2.88. The largest absolute Gasteiger partial charge is 0.361 e. The maximum Gasteiger partial charge on any atom is 0.255 e. The fourth-order valence-corrected chi connectivity index (χ4v) is 3.49. The van der Waals surface area contributed by atoms with Crippen molar-refractivity contribution in [2.45, 2.75) is 4.90 Å². The zero-order valence-electron chi connectivity index (χ0n) is 13.3. The van der Waals surface area contributed by atoms with Gasteiger partial charge in [0.15, 0.2) is 0 Å². The minimum absolute atomic E-state index is 0.0295. The third kappa shape index (κ3) is 3.62. The van der Waals surface area contributed by atoms with E-state index in [1.807, 2.05) is 18.2 Å². The van der Waals surface area contributed by atoms with E-state index in [9.17, 15) is 13.2 Å². The molecular weight excluding hydrogens is 338 g/mol. The lowest BCUT2D eigenvalue weighted by Crippen LogP contribution is -2.24. The number of benzene rings is 2. The van der Waals surface area contributed by atoms with Gasteiger partial charge in [0, 0.05) is 29.2 Å². The Morgan fingerprint density at radius 1 is 1.16 bits per heavy atom. The highest BCUT2D eigenvalue weighted by atomic mass is 32.2. The van der Waals surface area contributed by atoms with Crippen molar-refractivity contribution < 1.29 is 13.2 Å². The molecule has 0 saturated carbocycles. The van der Waals surface area contributed by atoms with Crippen molar-refractivity contribution in [1.82, 2.24) is 9.71 Å². The van der Waals surface area contributed by atoms with E-state index in [1.54, 1.807) is 18.3 Å². The van der Waals surface area contributed by atoms with Gasteiger partial charge in [-0.2, -0.15) is 0 Å². The summed E-state index contributed by atoms with van der Waals surface area (Å²) in [6, 6.07) is 13.3. The van der Waals surface area contributed by atoms with E-state index in [2.05, 4.69) is 21.6 Å². The summed E-state index contributed by atoms with van der Waals surface area (Å²) in [6.45, 7) is 3.60. The molecule has 0 unspecified atom stereocenters. The van der Waals surface area contributed by atoms with Crippen LogP contribution in [0.4, 0.5) is 5.69 Å². The van der Waals surface area contributed by atoms with Crippen LogP contribution >= 0.6 is 0 Å². The van der Waals surface area contributed by atoms with Gasteiger partial charge < -0.3 is 10.3 Å². The second-order valence-electron chi connectivity index (χ2n) is 5.37. The lowest BCUT2D eigenvalue weighted by atomic mass is 10.2. The first kappa shape index (κ1) is 16.9. The van der Waals surface area contributed by atoms with Crippen molar-refractivity contribution in [1.29, 1.82) is 0 Å². The van der Waals surface area contributed by atoms with Crippen molar-refractivity contribution in [2.24, 2.45) is 0 Å². The van der Waals surface area contributed by atoms with Crippen molar-refractivity contribution in [3.8, 4) is 0 Å². The number of aromatic nitrogens is 1. The molecule has 0 bridgehead atoms. The summed E-state index contributed by atoms with van der Waals surface area (Å²) in [4.78, 5) is 15.6. The smallest absolute Gasteiger partial charge is 0.255 e. The highest BCUT2D eigenvalue weighted by Crippen LogP contribution is 2.23. The molecule has 1 amide bonds. The molecule has 1 heterocycles. The molecule has 7 heteroatoms. The maximum atomic E-state index is 12.5. The number of rotatable bonds is 6. The molecule has 3 aromatic rings. The van der Waals surface area contributed by atoms with E-state index in [0.29, 0.717) is 5.69 Å². The number of nitrogens with one attached hydrogen (secondary N) is 3. The lowest BCUT2D eigenvalue weighted by Gasteiger charge is -2.09. The van der Waals surface area contributed by atoms with Crippen LogP contribution in [0.2, 0.25) is 0 Å². The quantitative estimate of drug-likeness (QED) is 0.594. The highest BCUT2D eigenvalue weighted by molar-refractivity contribution is 7.89. The molecule has 0 aliphatic heterocycles. The molecule has 3 rings (SSSR count). The lowest BCUT2D eigenvalue weighted by molar-refractivity contribution is 0.102. The predicted molar refractivity (Wildman–Crippen MR) is 98.1 cm³/mol. The van der Waals surface area contributed by atoms with Crippen LogP contribution in [0.5, 0.6) is 0 Å². The Labute approximate surface area is 145 Å². The first-order valence-electron chi connectivity index (χ1n) is 7.59. The Hall–Kier alpha value is -2.90. The molecule has 0 fully saturated rings. The van der Waals surface area contributed by atoms with Crippen LogP contribution < -0.4 is 10.0 Å². The van der Waals surface area contributed by atoms with Crippen molar-refractivity contribution in [3.05, 3.63) is 72.9 Å². The van der Waals surface area contributed by atoms with E-state index in [-0.39, 0.29) is 22.9 Å². The van der Waals surface area contributed by atoms with Crippen molar-refractivity contribution in [3.63, 3.8) is 0 Å². The highest BCUT2D eigenvalue weighted by Gasteiger charge is 2.16. The zero-order chi connectivity index (χ0) is 17.9. The molecule has 0 saturated heterocycles. The van der Waals surface area contributed by atoms with Gasteiger partial charge in [0.1, 0.15) is 0 Å². The van der Waals surface area contributed by atoms with E-state index in [1.165, 1.54) is 24.3 Å². The van der Waals surface area contributed by atoms with Crippen LogP contribution in [0.3, 0.4) is 0 Å². The Bertz CT molecular complexity index is 1040. The van der Waals surface area contributed by atoms with Crippen molar-refractivity contribution in [2.75, 3.05) is 11.9 Å². The Morgan fingerprint density at radius 2 is 1.96 bits per heavy atom. The molecule has 0 atom stereocenters. The number of amides is 1. The summed E-state index contributed by atoms with van der Waals surface area (Å²) < 4.78 is 26.7. The molecule has 3 N–H and O–H groups in total. The average Bonchev–Trinajstić information content (AvgIpc) is 3.10. The van der Waals surface area contributed by atoms with E-state index in [0.717, 1.165) is 10.9 Å². The molecule has 128 valence electrons. The van der Waals surface area contributed by atoms with E-state index >= 15 is 0 Å². The Balaban J connectivity index is 1.87. The summed E-state index contributed by atoms with van der Waals surface area (Å²) in [7, 11) is -3.68. The molecule has 25 heavy (non-hydrogen) atoms. The molecule has 2 aromatic carbocycles. The van der Waals surface area contributed by atoms with Crippen LogP contribution in [0.1, 0.15) is 10.4 Å². The number of sulfonamides is 1. The third-order valence-corrected chi connectivity index (χ3v) is 5.09. The fraction of sp³-hybridized carbons (Fsp3) is 0.0556. The van der Waals surface area contributed by atoms with Gasteiger partial charge in [-0.1, -0.05) is 18.2 Å². The van der Waals surface area contributed by atoms with Gasteiger partial charge in [-0.15, -0.1) is 6.58 Å². The number of anilines is 1. The number of H-pyrrole nitrogens is 1. The van der Waals surface area contributed by atoms with Crippen LogP contribution in [-0.2, 0) is 10.0 Å². The molecular formula is C18H17N3O3S. The topological polar surface area (TPSA) is 91.1 Å². The van der Waals surface area contributed by atoms with Crippen LogP contribution in [0, 0.1) is 0 Å². The minimum atomic E-state index is -3.68. The molecule has 0 radical (unpaired) electrons. The normalized spacial score (nSPS) is 11.4. The minimum Gasteiger partial charge on any atom is -0.361 e. The van der Waals surface area contributed by atoms with Gasteiger partial charge in [0.25, 0.3) is 5.91 Å². The van der Waals surface area contributed by atoms with Crippen molar-refractivity contribution >= 4 is 32.5 Å². The number of carbonyl (C=O) groups excluding carboxylic acids is 1. The Morgan fingerprint density at radius 3 is 2.76 bits per heavy atom. The van der Waals surface area contributed by atoms with Crippen LogP contribution in [-0.4, -0.2) is 25.9 Å². The van der Waals surface area contributed by atoms with Gasteiger partial charge in [-0.3, -0.25) is 4.79 Å². The second kappa shape index (κ2) is 6.92. The van der Waals surface area contributed by atoms with Crippen LogP contribution in [0.15, 0.2) is 72.3 Å². The van der Waals surface area contributed by atoms with E-state index in [4.69, 9.17) is 0 Å². The third-order valence-electron chi connectivity index (χ3n) is 3.67. The first-order valence-corrected chi connectivity index (χ1v) is 9.07. The van der Waals surface area contributed by atoms with Gasteiger partial charge in [-0.05, 0) is 36.4 Å². The first-order chi connectivity index (χ1) is 12.0. The van der Waals surface area contributed by atoms with Crippen LogP contribution in [0.25, 0.3) is 10.9 Å². The molecule has 1 aromatic heterocycles. The number of hydrogen-bond donors (Lipinski definition) is 3. The molecule has 0 aliphatic carbocycles. The summed E-state index contributed by atoms with van der Waals surface area (Å²) in [5.74, 6) is -0.380. The number of carbonyl (C=O) groups is 1. The SMILES string of the molecule is C=CCNS(=O)(=O)c1cccc(C(=O)Nc2cccc3[nH]ccc23)c1. The summed E-state index contributed by atoms with van der Waals surface area (Å²) >= 11 is 0. The van der Waals surface area contributed by atoms with Gasteiger partial charge in [0.2, 0.25) is 10.0 Å². The second-order valence-corrected chi connectivity index (χ2v) is 7.13. The summed E-state index contributed by atoms with van der Waals surface area (Å²) in [5.41, 5.74) is 1.82. The summed E-state index contributed by atoms with van der Waals surface area (Å²) in [5, 5.41) is 3.70. The standard InChI is InChI=1S/C18H17N3O3S/c1-2-10-20-25(23,24)14-6-3-5-13(12-14)18(22)21-17-8-4-7-16-15(17)9-11-19-16/h2-9,11-12,19-20H,1,10H2,(H,21,22). The van der Waals surface area contributed by atoms with Gasteiger partial charge >= 0.3 is 0 Å². The van der Waals surface area contributed by atoms with Gasteiger partial charge in [-0.25, -0.2) is 13.1 Å².